The van der Waals surface area contributed by atoms with Crippen LogP contribution in [0.5, 0.6) is 0 Å². The molecule has 4 heteroatoms. The predicted octanol–water partition coefficient (Wildman–Crippen LogP) is 1.15. The van der Waals surface area contributed by atoms with Gasteiger partial charge in [0.2, 0.25) is 0 Å². The number of rotatable bonds is 8. The van der Waals surface area contributed by atoms with E-state index in [-0.39, 0.29) is 6.42 Å². The minimum atomic E-state index is -0.798. The van der Waals surface area contributed by atoms with E-state index in [0.29, 0.717) is 32.1 Å². The molecule has 2 atom stereocenters. The van der Waals surface area contributed by atoms with Gasteiger partial charge in [-0.3, -0.25) is 4.79 Å². The van der Waals surface area contributed by atoms with Gasteiger partial charge in [-0.25, -0.2) is 0 Å². The van der Waals surface area contributed by atoms with Crippen molar-refractivity contribution in [2.45, 2.75) is 57.7 Å². The Morgan fingerprint density at radius 2 is 1.86 bits per heavy atom. The van der Waals surface area contributed by atoms with Crippen molar-refractivity contribution < 1.29 is 20.1 Å². The number of carbonyl (C=O) groups is 1. The van der Waals surface area contributed by atoms with Gasteiger partial charge >= 0.3 is 5.97 Å². The maximum atomic E-state index is 10.2. The third-order valence-corrected chi connectivity index (χ3v) is 2.19. The van der Waals surface area contributed by atoms with Crippen LogP contribution in [0.15, 0.2) is 0 Å². The zero-order chi connectivity index (χ0) is 11.0. The summed E-state index contributed by atoms with van der Waals surface area (Å²) in [5.41, 5.74) is 0. The molecule has 2 unspecified atom stereocenters. The van der Waals surface area contributed by atoms with Crippen LogP contribution in [0, 0.1) is 0 Å². The predicted molar refractivity (Wildman–Crippen MR) is 53.0 cm³/mol. The van der Waals surface area contributed by atoms with E-state index in [9.17, 15) is 15.0 Å². The van der Waals surface area contributed by atoms with E-state index in [1.54, 1.807) is 0 Å². The number of unbranched alkanes of at least 4 members (excludes halogenated alkanes) is 1. The highest BCUT2D eigenvalue weighted by Crippen LogP contribution is 2.10. The van der Waals surface area contributed by atoms with Crippen molar-refractivity contribution in [3.05, 3.63) is 0 Å². The summed E-state index contributed by atoms with van der Waals surface area (Å²) in [5, 5.41) is 27.0. The summed E-state index contributed by atoms with van der Waals surface area (Å²) in [6, 6.07) is 0. The molecular weight excluding hydrogens is 184 g/mol. The van der Waals surface area contributed by atoms with Crippen LogP contribution >= 0.6 is 0 Å². The molecule has 0 aliphatic rings. The van der Waals surface area contributed by atoms with Crippen LogP contribution in [0.2, 0.25) is 0 Å². The summed E-state index contributed by atoms with van der Waals surface area (Å²) in [7, 11) is 0. The van der Waals surface area contributed by atoms with Crippen molar-refractivity contribution in [3.8, 4) is 0 Å². The highest BCUT2D eigenvalue weighted by molar-refractivity contribution is 5.66. The summed E-state index contributed by atoms with van der Waals surface area (Å²) >= 11 is 0. The second-order valence-corrected chi connectivity index (χ2v) is 3.59. The van der Waals surface area contributed by atoms with Crippen molar-refractivity contribution in [2.24, 2.45) is 0 Å². The number of hydrogen-bond donors (Lipinski definition) is 3. The highest BCUT2D eigenvalue weighted by atomic mass is 16.4. The van der Waals surface area contributed by atoms with Gasteiger partial charge in [-0.1, -0.05) is 13.3 Å². The average Bonchev–Trinajstić information content (AvgIpc) is 2.12. The summed E-state index contributed by atoms with van der Waals surface area (Å²) in [5.74, 6) is -0.798. The van der Waals surface area contributed by atoms with Crippen LogP contribution in [0.25, 0.3) is 0 Å². The van der Waals surface area contributed by atoms with E-state index >= 15 is 0 Å². The molecule has 0 heterocycles. The van der Waals surface area contributed by atoms with Crippen molar-refractivity contribution >= 4 is 5.97 Å². The number of aliphatic hydroxyl groups is 2. The third kappa shape index (κ3) is 8.01. The molecule has 84 valence electrons. The van der Waals surface area contributed by atoms with Gasteiger partial charge in [-0.2, -0.15) is 0 Å². The van der Waals surface area contributed by atoms with E-state index in [2.05, 4.69) is 0 Å². The Kier molecular flexibility index (Phi) is 7.42. The number of aliphatic carboxylic acids is 1. The number of carboxylic acids is 1. The molecule has 0 rings (SSSR count). The molecule has 0 aliphatic carbocycles. The number of carboxylic acid groups (broad SMARTS) is 1. The van der Waals surface area contributed by atoms with Crippen molar-refractivity contribution in [2.75, 3.05) is 0 Å². The highest BCUT2D eigenvalue weighted by Gasteiger charge is 2.09. The van der Waals surface area contributed by atoms with Crippen LogP contribution in [-0.4, -0.2) is 33.5 Å². The lowest BCUT2D eigenvalue weighted by Crippen LogP contribution is -2.16. The molecule has 0 aromatic heterocycles. The Hall–Kier alpha value is -0.610. The summed E-state index contributed by atoms with van der Waals surface area (Å²) < 4.78 is 0. The molecule has 0 aliphatic heterocycles. The normalized spacial score (nSPS) is 15.1. The Morgan fingerprint density at radius 1 is 1.21 bits per heavy atom. The molecule has 0 saturated carbocycles. The molecule has 0 fully saturated rings. The van der Waals surface area contributed by atoms with Gasteiger partial charge in [0.1, 0.15) is 0 Å². The summed E-state index contributed by atoms with van der Waals surface area (Å²) in [6.07, 6.45) is 2.12. The van der Waals surface area contributed by atoms with Gasteiger partial charge in [-0.15, -0.1) is 0 Å². The average molecular weight is 204 g/mol. The van der Waals surface area contributed by atoms with Crippen molar-refractivity contribution in [1.29, 1.82) is 0 Å². The lowest BCUT2D eigenvalue weighted by Gasteiger charge is -2.13. The summed E-state index contributed by atoms with van der Waals surface area (Å²) in [4.78, 5) is 10.2. The first-order chi connectivity index (χ1) is 6.56. The molecule has 0 spiro atoms. The van der Waals surface area contributed by atoms with Gasteiger partial charge in [0.25, 0.3) is 0 Å². The Balaban J connectivity index is 3.35. The van der Waals surface area contributed by atoms with Crippen LogP contribution < -0.4 is 0 Å². The minimum Gasteiger partial charge on any atom is -0.481 e. The van der Waals surface area contributed by atoms with E-state index in [1.165, 1.54) is 0 Å². The SMILES string of the molecule is CCC(O)CC(O)CCCCC(=O)O. The fourth-order valence-corrected chi connectivity index (χ4v) is 1.25. The second-order valence-electron chi connectivity index (χ2n) is 3.59. The molecular formula is C10H20O4. The monoisotopic (exact) mass is 204 g/mol. The Labute approximate surface area is 84.6 Å². The fourth-order valence-electron chi connectivity index (χ4n) is 1.25. The molecule has 3 N–H and O–H groups in total. The van der Waals surface area contributed by atoms with Crippen molar-refractivity contribution in [1.82, 2.24) is 0 Å². The topological polar surface area (TPSA) is 77.8 Å². The van der Waals surface area contributed by atoms with E-state index in [1.807, 2.05) is 6.92 Å². The summed E-state index contributed by atoms with van der Waals surface area (Å²) in [6.45, 7) is 1.86. The van der Waals surface area contributed by atoms with Gasteiger partial charge in [-0.05, 0) is 25.7 Å². The van der Waals surface area contributed by atoms with E-state index < -0.39 is 18.2 Å². The molecule has 0 saturated heterocycles. The van der Waals surface area contributed by atoms with Gasteiger partial charge in [0.15, 0.2) is 0 Å². The molecule has 4 nitrogen and oxygen atoms in total. The molecule has 0 aromatic carbocycles. The zero-order valence-electron chi connectivity index (χ0n) is 8.65. The largest absolute Gasteiger partial charge is 0.481 e. The van der Waals surface area contributed by atoms with Gasteiger partial charge < -0.3 is 15.3 Å². The van der Waals surface area contributed by atoms with Crippen LogP contribution in [0.1, 0.15) is 45.4 Å². The van der Waals surface area contributed by atoms with E-state index in [4.69, 9.17) is 5.11 Å². The molecule has 0 bridgehead atoms. The maximum Gasteiger partial charge on any atom is 0.303 e. The lowest BCUT2D eigenvalue weighted by molar-refractivity contribution is -0.137. The first-order valence-electron chi connectivity index (χ1n) is 5.14. The smallest absolute Gasteiger partial charge is 0.303 e. The van der Waals surface area contributed by atoms with Crippen LogP contribution in [0.3, 0.4) is 0 Å². The number of hydrogen-bond acceptors (Lipinski definition) is 3. The molecule has 14 heavy (non-hydrogen) atoms. The van der Waals surface area contributed by atoms with Gasteiger partial charge in [0.05, 0.1) is 12.2 Å². The molecule has 0 amide bonds. The molecule has 0 aromatic rings. The fraction of sp³-hybridized carbons (Fsp3) is 0.900. The third-order valence-electron chi connectivity index (χ3n) is 2.19. The van der Waals surface area contributed by atoms with Crippen molar-refractivity contribution in [3.63, 3.8) is 0 Å². The standard InChI is InChI=1S/C10H20O4/c1-2-8(11)7-9(12)5-3-4-6-10(13)14/h8-9,11-12H,2-7H2,1H3,(H,13,14). The van der Waals surface area contributed by atoms with Crippen LogP contribution in [0.4, 0.5) is 0 Å². The van der Waals surface area contributed by atoms with Crippen LogP contribution in [-0.2, 0) is 4.79 Å². The number of aliphatic hydroxyl groups excluding tert-OH is 2. The quantitative estimate of drug-likeness (QED) is 0.518. The van der Waals surface area contributed by atoms with E-state index in [0.717, 1.165) is 0 Å². The maximum absolute atomic E-state index is 10.2. The second kappa shape index (κ2) is 7.76. The minimum absolute atomic E-state index is 0.156. The lowest BCUT2D eigenvalue weighted by atomic mass is 10.0. The zero-order valence-corrected chi connectivity index (χ0v) is 8.65. The Morgan fingerprint density at radius 3 is 2.36 bits per heavy atom. The van der Waals surface area contributed by atoms with Gasteiger partial charge in [0, 0.05) is 6.42 Å². The first kappa shape index (κ1) is 13.4. The molecule has 0 radical (unpaired) electrons. The Bertz CT molecular complexity index is 158. The first-order valence-corrected chi connectivity index (χ1v) is 5.14.